The third kappa shape index (κ3) is 4.28. The van der Waals surface area contributed by atoms with Crippen LogP contribution < -0.4 is 10.6 Å². The van der Waals surface area contributed by atoms with E-state index in [1.54, 1.807) is 6.20 Å². The number of hydrogen-bond donors (Lipinski definition) is 2. The third-order valence-corrected chi connectivity index (χ3v) is 6.70. The zero-order valence-electron chi connectivity index (χ0n) is 17.4. The SMILES string of the molecule is FC(F)(F)c1ccc(Nc2nc3cnc(CC4CCC4)nc3n2C2CCNCC2)cc1Cl. The molecule has 1 aliphatic carbocycles. The monoisotopic (exact) mass is 464 g/mol. The van der Waals surface area contributed by atoms with Crippen molar-refractivity contribution < 1.29 is 13.2 Å². The molecule has 1 aliphatic heterocycles. The van der Waals surface area contributed by atoms with Crippen LogP contribution in [0.5, 0.6) is 0 Å². The summed E-state index contributed by atoms with van der Waals surface area (Å²) in [6, 6.07) is 3.82. The second-order valence-corrected chi connectivity index (χ2v) is 9.01. The van der Waals surface area contributed by atoms with Crippen molar-refractivity contribution in [1.82, 2.24) is 24.8 Å². The highest BCUT2D eigenvalue weighted by Gasteiger charge is 2.33. The normalized spacial score (nSPS) is 18.1. The maximum Gasteiger partial charge on any atom is 0.417 e. The van der Waals surface area contributed by atoms with E-state index in [4.69, 9.17) is 16.6 Å². The Balaban J connectivity index is 1.51. The largest absolute Gasteiger partial charge is 0.417 e. The van der Waals surface area contributed by atoms with Crippen LogP contribution in [-0.4, -0.2) is 32.6 Å². The fraction of sp³-hybridized carbons (Fsp3) is 0.500. The highest BCUT2D eigenvalue weighted by Crippen LogP contribution is 2.37. The van der Waals surface area contributed by atoms with Crippen LogP contribution in [0, 0.1) is 5.92 Å². The van der Waals surface area contributed by atoms with Gasteiger partial charge in [-0.15, -0.1) is 0 Å². The van der Waals surface area contributed by atoms with E-state index in [0.717, 1.165) is 49.9 Å². The number of nitrogens with zero attached hydrogens (tertiary/aromatic N) is 4. The number of aromatic nitrogens is 4. The van der Waals surface area contributed by atoms with Gasteiger partial charge < -0.3 is 10.6 Å². The molecule has 2 aromatic heterocycles. The summed E-state index contributed by atoms with van der Waals surface area (Å²) >= 11 is 5.92. The Labute approximate surface area is 188 Å². The summed E-state index contributed by atoms with van der Waals surface area (Å²) in [6.45, 7) is 1.77. The van der Waals surface area contributed by atoms with Gasteiger partial charge in [0.05, 0.1) is 16.8 Å². The number of alkyl halides is 3. The van der Waals surface area contributed by atoms with Gasteiger partial charge in [-0.3, -0.25) is 4.57 Å². The number of nitrogens with one attached hydrogen (secondary N) is 2. The quantitative estimate of drug-likeness (QED) is 0.521. The average Bonchev–Trinajstić information content (AvgIpc) is 3.07. The number of rotatable bonds is 5. The summed E-state index contributed by atoms with van der Waals surface area (Å²) in [5.74, 6) is 2.01. The van der Waals surface area contributed by atoms with E-state index in [-0.39, 0.29) is 11.1 Å². The molecule has 0 unspecified atom stereocenters. The van der Waals surface area contributed by atoms with Gasteiger partial charge in [0.1, 0.15) is 11.3 Å². The first-order valence-corrected chi connectivity index (χ1v) is 11.3. The van der Waals surface area contributed by atoms with Gasteiger partial charge in [-0.1, -0.05) is 30.9 Å². The Morgan fingerprint density at radius 2 is 1.91 bits per heavy atom. The molecule has 0 spiro atoms. The minimum absolute atomic E-state index is 0.181. The summed E-state index contributed by atoms with van der Waals surface area (Å²) in [7, 11) is 0. The smallest absolute Gasteiger partial charge is 0.325 e. The van der Waals surface area contributed by atoms with Crippen LogP contribution in [0.3, 0.4) is 0 Å². The van der Waals surface area contributed by atoms with Gasteiger partial charge in [-0.2, -0.15) is 13.2 Å². The minimum Gasteiger partial charge on any atom is -0.325 e. The lowest BCUT2D eigenvalue weighted by Crippen LogP contribution is -2.30. The maximum atomic E-state index is 13.1. The van der Waals surface area contributed by atoms with Crippen molar-refractivity contribution >= 4 is 34.4 Å². The number of fused-ring (bicyclic) bond motifs is 1. The Bertz CT molecular complexity index is 1120. The zero-order valence-corrected chi connectivity index (χ0v) is 18.2. The molecule has 0 bridgehead atoms. The molecule has 3 heterocycles. The molecule has 2 fully saturated rings. The van der Waals surface area contributed by atoms with E-state index >= 15 is 0 Å². The molecule has 6 nitrogen and oxygen atoms in total. The van der Waals surface area contributed by atoms with Crippen molar-refractivity contribution in [2.24, 2.45) is 5.92 Å². The molecule has 10 heteroatoms. The molecule has 170 valence electrons. The fourth-order valence-electron chi connectivity index (χ4n) is 4.43. The van der Waals surface area contributed by atoms with Crippen LogP contribution in [-0.2, 0) is 12.6 Å². The molecule has 1 saturated heterocycles. The highest BCUT2D eigenvalue weighted by atomic mass is 35.5. The summed E-state index contributed by atoms with van der Waals surface area (Å²) in [4.78, 5) is 14.0. The molecule has 32 heavy (non-hydrogen) atoms. The van der Waals surface area contributed by atoms with Crippen LogP contribution >= 0.6 is 11.6 Å². The lowest BCUT2D eigenvalue weighted by molar-refractivity contribution is -0.137. The van der Waals surface area contributed by atoms with E-state index in [1.807, 2.05) is 0 Å². The Kier molecular flexibility index (Phi) is 5.71. The van der Waals surface area contributed by atoms with Crippen molar-refractivity contribution in [3.8, 4) is 0 Å². The lowest BCUT2D eigenvalue weighted by Gasteiger charge is -2.26. The van der Waals surface area contributed by atoms with E-state index in [0.29, 0.717) is 23.1 Å². The van der Waals surface area contributed by atoms with Crippen molar-refractivity contribution in [2.45, 2.75) is 50.7 Å². The van der Waals surface area contributed by atoms with Gasteiger partial charge in [-0.05, 0) is 50.0 Å². The van der Waals surface area contributed by atoms with Crippen LogP contribution in [0.1, 0.15) is 49.5 Å². The second kappa shape index (κ2) is 8.51. The number of anilines is 2. The van der Waals surface area contributed by atoms with Crippen LogP contribution in [0.25, 0.3) is 11.2 Å². The molecular weight excluding hydrogens is 441 g/mol. The van der Waals surface area contributed by atoms with Crippen molar-refractivity contribution in [1.29, 1.82) is 0 Å². The molecular formula is C22H24ClF3N6. The van der Waals surface area contributed by atoms with Gasteiger partial charge in [0.2, 0.25) is 5.95 Å². The molecule has 0 atom stereocenters. The molecule has 0 amide bonds. The van der Waals surface area contributed by atoms with Crippen LogP contribution in [0.4, 0.5) is 24.8 Å². The number of halogens is 4. The Morgan fingerprint density at radius 3 is 2.56 bits per heavy atom. The van der Waals surface area contributed by atoms with Gasteiger partial charge in [0, 0.05) is 18.2 Å². The molecule has 0 radical (unpaired) electrons. The van der Waals surface area contributed by atoms with Gasteiger partial charge >= 0.3 is 6.18 Å². The predicted octanol–water partition coefficient (Wildman–Crippen LogP) is 5.51. The maximum absolute atomic E-state index is 13.1. The first-order valence-electron chi connectivity index (χ1n) is 11.0. The van der Waals surface area contributed by atoms with Crippen molar-refractivity contribution in [3.05, 3.63) is 40.8 Å². The predicted molar refractivity (Wildman–Crippen MR) is 117 cm³/mol. The van der Waals surface area contributed by atoms with Crippen LogP contribution in [0.15, 0.2) is 24.4 Å². The molecule has 3 aromatic rings. The minimum atomic E-state index is -4.50. The molecule has 2 aliphatic rings. The van der Waals surface area contributed by atoms with E-state index in [2.05, 4.69) is 25.2 Å². The lowest BCUT2D eigenvalue weighted by atomic mass is 9.83. The highest BCUT2D eigenvalue weighted by molar-refractivity contribution is 6.31. The third-order valence-electron chi connectivity index (χ3n) is 6.38. The molecule has 1 saturated carbocycles. The standard InChI is InChI=1S/C22H24ClF3N6/c23-17-11-14(4-5-16(17)22(24,25)26)29-21-30-18-12-28-19(10-13-2-1-3-13)31-20(18)32(21)15-6-8-27-9-7-15/h4-5,11-13,15,27H,1-3,6-10H2,(H,29,30). The van der Waals surface area contributed by atoms with Crippen molar-refractivity contribution in [2.75, 3.05) is 18.4 Å². The number of imidazole rings is 1. The average molecular weight is 465 g/mol. The Hall–Kier alpha value is -2.39. The summed E-state index contributed by atoms with van der Waals surface area (Å²) in [5, 5.41) is 6.18. The second-order valence-electron chi connectivity index (χ2n) is 8.60. The number of benzene rings is 1. The molecule has 2 N–H and O–H groups in total. The fourth-order valence-corrected chi connectivity index (χ4v) is 4.72. The van der Waals surface area contributed by atoms with E-state index in [9.17, 15) is 13.2 Å². The molecule has 5 rings (SSSR count). The van der Waals surface area contributed by atoms with Gasteiger partial charge in [-0.25, -0.2) is 15.0 Å². The Morgan fingerprint density at radius 1 is 1.12 bits per heavy atom. The van der Waals surface area contributed by atoms with Gasteiger partial charge in [0.25, 0.3) is 0 Å². The zero-order chi connectivity index (χ0) is 22.3. The number of hydrogen-bond acceptors (Lipinski definition) is 5. The van der Waals surface area contributed by atoms with E-state index in [1.165, 1.54) is 31.4 Å². The topological polar surface area (TPSA) is 67.7 Å². The first-order chi connectivity index (χ1) is 15.4. The van der Waals surface area contributed by atoms with Crippen molar-refractivity contribution in [3.63, 3.8) is 0 Å². The number of piperidine rings is 1. The van der Waals surface area contributed by atoms with Gasteiger partial charge in [0.15, 0.2) is 5.65 Å². The molecule has 1 aromatic carbocycles. The summed E-state index contributed by atoms with van der Waals surface area (Å²) in [6.07, 6.45) is 3.65. The summed E-state index contributed by atoms with van der Waals surface area (Å²) in [5.41, 5.74) is 1.02. The first kappa shape index (κ1) is 21.5. The van der Waals surface area contributed by atoms with Crippen LogP contribution in [0.2, 0.25) is 5.02 Å². The summed E-state index contributed by atoms with van der Waals surface area (Å²) < 4.78 is 41.3. The van der Waals surface area contributed by atoms with E-state index < -0.39 is 11.7 Å².